The second-order valence-corrected chi connectivity index (χ2v) is 6.38. The van der Waals surface area contributed by atoms with E-state index < -0.39 is 24.4 Å². The number of esters is 1. The van der Waals surface area contributed by atoms with E-state index in [0.29, 0.717) is 31.7 Å². The van der Waals surface area contributed by atoms with E-state index in [4.69, 9.17) is 9.47 Å². The van der Waals surface area contributed by atoms with Crippen LogP contribution in [0.3, 0.4) is 0 Å². The Bertz CT molecular complexity index is 617. The molecular formula is C16H22F2N2O4. The second-order valence-electron chi connectivity index (χ2n) is 6.38. The molecule has 0 aromatic carbocycles. The summed E-state index contributed by atoms with van der Waals surface area (Å²) < 4.78 is 39.7. The minimum Gasteiger partial charge on any atom is -0.461 e. The van der Waals surface area contributed by atoms with E-state index in [9.17, 15) is 18.7 Å². The molecule has 0 radical (unpaired) electrons. The van der Waals surface area contributed by atoms with Crippen LogP contribution in [0.5, 0.6) is 0 Å². The molecule has 24 heavy (non-hydrogen) atoms. The van der Waals surface area contributed by atoms with Crippen molar-refractivity contribution >= 4 is 5.97 Å². The average Bonchev–Trinajstić information content (AvgIpc) is 2.84. The molecule has 1 N–H and O–H groups in total. The Hall–Kier alpha value is -1.54. The quantitative estimate of drug-likeness (QED) is 0.842. The number of aliphatic hydroxyl groups excluding tert-OH is 1. The molecule has 2 aliphatic rings. The van der Waals surface area contributed by atoms with Gasteiger partial charge in [0.25, 0.3) is 5.92 Å². The van der Waals surface area contributed by atoms with Crippen LogP contribution in [0.1, 0.15) is 47.9 Å². The van der Waals surface area contributed by atoms with E-state index >= 15 is 0 Å². The molecule has 1 aromatic heterocycles. The fourth-order valence-corrected chi connectivity index (χ4v) is 3.34. The maximum absolute atomic E-state index is 13.8. The smallest absolute Gasteiger partial charge is 0.359 e. The normalized spacial score (nSPS) is 26.0. The van der Waals surface area contributed by atoms with Crippen LogP contribution in [0.2, 0.25) is 0 Å². The van der Waals surface area contributed by atoms with Gasteiger partial charge in [0.1, 0.15) is 0 Å². The second kappa shape index (κ2) is 6.76. The highest BCUT2D eigenvalue weighted by molar-refractivity contribution is 5.89. The summed E-state index contributed by atoms with van der Waals surface area (Å²) in [6.45, 7) is 2.62. The van der Waals surface area contributed by atoms with Gasteiger partial charge < -0.3 is 14.6 Å². The van der Waals surface area contributed by atoms with Crippen LogP contribution in [0, 0.1) is 0 Å². The summed E-state index contributed by atoms with van der Waals surface area (Å²) in [5.74, 6) is -3.51. The SMILES string of the molecule is CCOC(=O)c1nn(C[C@@H]2C[C@H](O)CCO2)c2c1CC(F)(F)CC2. The molecule has 1 aliphatic heterocycles. The number of ether oxygens (including phenoxy) is 2. The van der Waals surface area contributed by atoms with E-state index in [1.54, 1.807) is 11.6 Å². The summed E-state index contributed by atoms with van der Waals surface area (Å²) >= 11 is 0. The van der Waals surface area contributed by atoms with Crippen LogP contribution in [0.15, 0.2) is 0 Å². The summed E-state index contributed by atoms with van der Waals surface area (Å²) in [6.07, 6.45) is -0.205. The zero-order valence-electron chi connectivity index (χ0n) is 13.6. The third kappa shape index (κ3) is 3.59. The Morgan fingerprint density at radius 2 is 2.33 bits per heavy atom. The van der Waals surface area contributed by atoms with Gasteiger partial charge in [-0.25, -0.2) is 13.6 Å². The molecule has 0 amide bonds. The largest absolute Gasteiger partial charge is 0.461 e. The number of hydrogen-bond donors (Lipinski definition) is 1. The molecule has 1 aliphatic carbocycles. The van der Waals surface area contributed by atoms with Gasteiger partial charge in [0.05, 0.1) is 25.4 Å². The van der Waals surface area contributed by atoms with Crippen molar-refractivity contribution in [3.8, 4) is 0 Å². The molecule has 6 nitrogen and oxygen atoms in total. The monoisotopic (exact) mass is 344 g/mol. The van der Waals surface area contributed by atoms with Crippen molar-refractivity contribution < 1.29 is 28.2 Å². The minimum absolute atomic E-state index is 0.0254. The predicted octanol–water partition coefficient (Wildman–Crippen LogP) is 1.72. The van der Waals surface area contributed by atoms with Gasteiger partial charge in [0, 0.05) is 37.1 Å². The molecule has 1 aromatic rings. The summed E-state index contributed by atoms with van der Waals surface area (Å²) in [4.78, 5) is 12.1. The molecule has 1 saturated heterocycles. The van der Waals surface area contributed by atoms with Crippen LogP contribution < -0.4 is 0 Å². The van der Waals surface area contributed by atoms with E-state index in [1.807, 2.05) is 0 Å². The first-order valence-electron chi connectivity index (χ1n) is 8.33. The molecule has 8 heteroatoms. The van der Waals surface area contributed by atoms with Crippen molar-refractivity contribution in [3.05, 3.63) is 17.0 Å². The van der Waals surface area contributed by atoms with Crippen LogP contribution in [0.25, 0.3) is 0 Å². The van der Waals surface area contributed by atoms with E-state index in [0.717, 1.165) is 0 Å². The zero-order valence-corrected chi connectivity index (χ0v) is 13.6. The lowest BCUT2D eigenvalue weighted by atomic mass is 9.92. The number of fused-ring (bicyclic) bond motifs is 1. The van der Waals surface area contributed by atoms with Gasteiger partial charge in [-0.1, -0.05) is 0 Å². The number of nitrogens with zero attached hydrogens (tertiary/aromatic N) is 2. The third-order valence-electron chi connectivity index (χ3n) is 4.51. The summed E-state index contributed by atoms with van der Waals surface area (Å²) in [6, 6.07) is 0. The summed E-state index contributed by atoms with van der Waals surface area (Å²) in [7, 11) is 0. The van der Waals surface area contributed by atoms with Gasteiger partial charge in [-0.3, -0.25) is 4.68 Å². The maximum atomic E-state index is 13.8. The highest BCUT2D eigenvalue weighted by Gasteiger charge is 2.40. The predicted molar refractivity (Wildman–Crippen MR) is 80.1 cm³/mol. The number of halogens is 2. The molecule has 0 spiro atoms. The topological polar surface area (TPSA) is 73.6 Å². The molecular weight excluding hydrogens is 322 g/mol. The third-order valence-corrected chi connectivity index (χ3v) is 4.51. The molecule has 134 valence electrons. The highest BCUT2D eigenvalue weighted by Crippen LogP contribution is 2.35. The highest BCUT2D eigenvalue weighted by atomic mass is 19.3. The lowest BCUT2D eigenvalue weighted by Crippen LogP contribution is -2.33. The lowest BCUT2D eigenvalue weighted by Gasteiger charge is -2.28. The fraction of sp³-hybridized carbons (Fsp3) is 0.750. The first-order chi connectivity index (χ1) is 11.4. The number of carbonyl (C=O) groups is 1. The standard InChI is InChI=1S/C16H22F2N2O4/c1-2-23-15(22)14-12-8-16(17,18)5-3-13(12)20(19-14)9-11-7-10(21)4-6-24-11/h10-11,21H,2-9H2,1H3/t10-,11+/m1/s1. The van der Waals surface area contributed by atoms with Gasteiger partial charge >= 0.3 is 5.97 Å². The van der Waals surface area contributed by atoms with Crippen molar-refractivity contribution in [1.29, 1.82) is 0 Å². The van der Waals surface area contributed by atoms with E-state index in [1.165, 1.54) is 0 Å². The van der Waals surface area contributed by atoms with Gasteiger partial charge in [0.2, 0.25) is 0 Å². The zero-order chi connectivity index (χ0) is 17.3. The first-order valence-corrected chi connectivity index (χ1v) is 8.33. The summed E-state index contributed by atoms with van der Waals surface area (Å²) in [5.41, 5.74) is 0.899. The molecule has 0 unspecified atom stereocenters. The first kappa shape index (κ1) is 17.3. The van der Waals surface area contributed by atoms with Crippen LogP contribution in [0.4, 0.5) is 8.78 Å². The molecule has 3 rings (SSSR count). The van der Waals surface area contributed by atoms with E-state index in [-0.39, 0.29) is 36.8 Å². The van der Waals surface area contributed by atoms with E-state index in [2.05, 4.69) is 5.10 Å². The van der Waals surface area contributed by atoms with Crippen LogP contribution >= 0.6 is 0 Å². The number of aliphatic hydroxyl groups is 1. The Kier molecular flexibility index (Phi) is 4.87. The maximum Gasteiger partial charge on any atom is 0.359 e. The average molecular weight is 344 g/mol. The van der Waals surface area contributed by atoms with Gasteiger partial charge in [0.15, 0.2) is 5.69 Å². The number of hydrogen-bond acceptors (Lipinski definition) is 5. The van der Waals surface area contributed by atoms with Gasteiger partial charge in [-0.05, 0) is 19.8 Å². The van der Waals surface area contributed by atoms with Gasteiger partial charge in [-0.2, -0.15) is 5.10 Å². The molecule has 2 heterocycles. The Labute approximate surface area is 138 Å². The molecule has 1 fully saturated rings. The van der Waals surface area contributed by atoms with Crippen LogP contribution in [-0.4, -0.2) is 52.2 Å². The number of alkyl halides is 2. The minimum atomic E-state index is -2.83. The summed E-state index contributed by atoms with van der Waals surface area (Å²) in [5, 5.41) is 14.0. The van der Waals surface area contributed by atoms with Crippen molar-refractivity contribution in [2.24, 2.45) is 0 Å². The van der Waals surface area contributed by atoms with Crippen molar-refractivity contribution in [3.63, 3.8) is 0 Å². The Morgan fingerprint density at radius 1 is 1.54 bits per heavy atom. The number of rotatable bonds is 4. The fourth-order valence-electron chi connectivity index (χ4n) is 3.34. The number of aromatic nitrogens is 2. The number of carbonyl (C=O) groups excluding carboxylic acids is 1. The Morgan fingerprint density at radius 3 is 3.04 bits per heavy atom. The van der Waals surface area contributed by atoms with Crippen LogP contribution in [-0.2, 0) is 28.9 Å². The van der Waals surface area contributed by atoms with Crippen molar-refractivity contribution in [2.75, 3.05) is 13.2 Å². The molecule has 2 atom stereocenters. The van der Waals surface area contributed by atoms with Crippen molar-refractivity contribution in [2.45, 2.75) is 63.7 Å². The van der Waals surface area contributed by atoms with Crippen molar-refractivity contribution in [1.82, 2.24) is 9.78 Å². The lowest BCUT2D eigenvalue weighted by molar-refractivity contribution is -0.0517. The Balaban J connectivity index is 1.88. The van der Waals surface area contributed by atoms with Gasteiger partial charge in [-0.15, -0.1) is 0 Å². The molecule has 0 saturated carbocycles. The molecule has 0 bridgehead atoms.